The first-order valence-electron chi connectivity index (χ1n) is 10.9. The number of aromatic nitrogens is 2. The van der Waals surface area contributed by atoms with Crippen LogP contribution < -0.4 is 0 Å². The van der Waals surface area contributed by atoms with E-state index in [4.69, 9.17) is 9.97 Å². The Hall–Kier alpha value is -2.94. The Balaban J connectivity index is 0.00000206. The summed E-state index contributed by atoms with van der Waals surface area (Å²) in [5, 5.41) is 0. The maximum Gasteiger partial charge on any atom is 0.0928 e. The minimum atomic E-state index is -0.396. The number of nitrogens with zero attached hydrogens (tertiary/aromatic N) is 2. The summed E-state index contributed by atoms with van der Waals surface area (Å²) in [6.07, 6.45) is 4.55. The fourth-order valence-corrected chi connectivity index (χ4v) is 5.60. The molecule has 0 N–H and O–H groups in total. The zero-order valence-corrected chi connectivity index (χ0v) is 20.8. The van der Waals surface area contributed by atoms with Gasteiger partial charge in [0, 0.05) is 50.5 Å². The quantitative estimate of drug-likeness (QED) is 0.275. The molecule has 33 heavy (non-hydrogen) atoms. The maximum absolute atomic E-state index is 4.76. The largest absolute Gasteiger partial charge is 0.254 e. The van der Waals surface area contributed by atoms with Gasteiger partial charge < -0.3 is 0 Å². The molecule has 3 aromatic carbocycles. The Bertz CT molecular complexity index is 1460. The van der Waals surface area contributed by atoms with Crippen molar-refractivity contribution in [1.82, 2.24) is 9.97 Å². The Morgan fingerprint density at radius 1 is 0.636 bits per heavy atom. The summed E-state index contributed by atoms with van der Waals surface area (Å²) in [6.45, 7) is 0. The van der Waals surface area contributed by atoms with E-state index in [0.29, 0.717) is 0 Å². The third-order valence-corrected chi connectivity index (χ3v) is 6.81. The molecule has 2 aromatic heterocycles. The van der Waals surface area contributed by atoms with Crippen LogP contribution in [0.1, 0.15) is 33.4 Å². The van der Waals surface area contributed by atoms with Gasteiger partial charge in [-0.25, -0.2) is 0 Å². The fourth-order valence-electron chi connectivity index (χ4n) is 5.60. The van der Waals surface area contributed by atoms with Crippen LogP contribution in [0.2, 0.25) is 0 Å². The average Bonchev–Trinajstić information content (AvgIpc) is 3.32. The van der Waals surface area contributed by atoms with E-state index < -0.39 is 5.41 Å². The zero-order chi connectivity index (χ0) is 21.1. The molecule has 2 aliphatic rings. The molecule has 2 aliphatic carbocycles. The van der Waals surface area contributed by atoms with Crippen LogP contribution in [0.25, 0.3) is 22.5 Å². The van der Waals surface area contributed by atoms with E-state index in [1.807, 2.05) is 36.7 Å². The molecule has 0 bridgehead atoms. The SMILES string of the molecule is [Y].[c-]1ccccc1Cc1[c-]c2c(cc1)C1(c3ccccc3-2)c2cccnc2-c2ncccc21. The molecule has 153 valence electrons. The molecule has 1 radical (unpaired) electrons. The van der Waals surface area contributed by atoms with E-state index in [-0.39, 0.29) is 32.7 Å². The molecule has 1 spiro atoms. The van der Waals surface area contributed by atoms with Crippen LogP contribution in [-0.4, -0.2) is 9.97 Å². The summed E-state index contributed by atoms with van der Waals surface area (Å²) in [5.41, 5.74) is 11.3. The van der Waals surface area contributed by atoms with E-state index in [2.05, 4.69) is 72.8 Å². The Labute approximate surface area is 218 Å². The first-order chi connectivity index (χ1) is 15.9. The second-order valence-corrected chi connectivity index (χ2v) is 8.43. The molecule has 7 rings (SSSR count). The van der Waals surface area contributed by atoms with E-state index >= 15 is 0 Å². The van der Waals surface area contributed by atoms with Crippen molar-refractivity contribution in [2.45, 2.75) is 11.8 Å². The molecule has 5 aromatic rings. The number of pyridine rings is 2. The standard InChI is InChI=1S/C30H18N2.Y/c1-2-8-20(9-3-1)18-21-14-15-25-23(19-21)22-10-4-5-11-24(22)30(25)26-12-6-16-31-28(26)29-27(30)13-7-17-32-29;/h1-8,10-17H,18H2;/q-2;. The molecule has 0 amide bonds. The van der Waals surface area contributed by atoms with Gasteiger partial charge in [-0.15, -0.1) is 34.9 Å². The van der Waals surface area contributed by atoms with Crippen molar-refractivity contribution < 1.29 is 32.7 Å². The van der Waals surface area contributed by atoms with Crippen molar-refractivity contribution in [3.05, 3.63) is 143 Å². The minimum Gasteiger partial charge on any atom is -0.254 e. The van der Waals surface area contributed by atoms with Gasteiger partial charge in [-0.1, -0.05) is 47.5 Å². The molecule has 0 aliphatic heterocycles. The molecular weight excluding hydrogens is 477 g/mol. The minimum absolute atomic E-state index is 0. The molecule has 2 nitrogen and oxygen atoms in total. The molecule has 0 unspecified atom stereocenters. The predicted molar refractivity (Wildman–Crippen MR) is 125 cm³/mol. The molecular formula is C30H18N2Y-2. The van der Waals surface area contributed by atoms with Gasteiger partial charge >= 0.3 is 0 Å². The van der Waals surface area contributed by atoms with Crippen LogP contribution in [0.5, 0.6) is 0 Å². The normalized spacial score (nSPS) is 13.6. The van der Waals surface area contributed by atoms with Gasteiger partial charge in [0.2, 0.25) is 0 Å². The van der Waals surface area contributed by atoms with Gasteiger partial charge in [-0.2, -0.15) is 35.9 Å². The second-order valence-electron chi connectivity index (χ2n) is 8.43. The first-order valence-corrected chi connectivity index (χ1v) is 10.9. The summed E-state index contributed by atoms with van der Waals surface area (Å²) in [4.78, 5) is 9.52. The van der Waals surface area contributed by atoms with Crippen molar-refractivity contribution in [2.24, 2.45) is 0 Å². The van der Waals surface area contributed by atoms with E-state index in [1.165, 1.54) is 44.5 Å². The molecule has 0 saturated heterocycles. The fraction of sp³-hybridized carbons (Fsp3) is 0.0667. The van der Waals surface area contributed by atoms with Gasteiger partial charge in [0.25, 0.3) is 0 Å². The number of hydrogen-bond donors (Lipinski definition) is 0. The summed E-state index contributed by atoms with van der Waals surface area (Å²) in [6, 6.07) is 37.0. The van der Waals surface area contributed by atoms with Crippen molar-refractivity contribution in [3.63, 3.8) is 0 Å². The molecule has 0 atom stereocenters. The topological polar surface area (TPSA) is 25.8 Å². The van der Waals surface area contributed by atoms with Gasteiger partial charge in [-0.05, 0) is 29.7 Å². The smallest absolute Gasteiger partial charge is 0.0928 e. The molecule has 3 heteroatoms. The van der Waals surface area contributed by atoms with Gasteiger partial charge in [0.05, 0.1) is 11.4 Å². The first kappa shape index (κ1) is 20.7. The van der Waals surface area contributed by atoms with Crippen LogP contribution in [-0.2, 0) is 44.5 Å². The van der Waals surface area contributed by atoms with Crippen molar-refractivity contribution in [3.8, 4) is 22.5 Å². The summed E-state index contributed by atoms with van der Waals surface area (Å²) in [5.74, 6) is 0. The van der Waals surface area contributed by atoms with Gasteiger partial charge in [0.15, 0.2) is 0 Å². The van der Waals surface area contributed by atoms with Crippen molar-refractivity contribution in [2.75, 3.05) is 0 Å². The monoisotopic (exact) mass is 495 g/mol. The maximum atomic E-state index is 4.76. The zero-order valence-electron chi connectivity index (χ0n) is 17.9. The predicted octanol–water partition coefficient (Wildman–Crippen LogP) is 6.01. The van der Waals surface area contributed by atoms with Crippen LogP contribution >= 0.6 is 0 Å². The third kappa shape index (κ3) is 2.81. The van der Waals surface area contributed by atoms with E-state index in [0.717, 1.165) is 17.8 Å². The molecule has 2 heterocycles. The van der Waals surface area contributed by atoms with Crippen molar-refractivity contribution >= 4 is 0 Å². The van der Waals surface area contributed by atoms with Crippen LogP contribution in [0.4, 0.5) is 0 Å². The van der Waals surface area contributed by atoms with Crippen molar-refractivity contribution in [1.29, 1.82) is 0 Å². The Morgan fingerprint density at radius 2 is 1.33 bits per heavy atom. The van der Waals surface area contributed by atoms with E-state index in [9.17, 15) is 0 Å². The molecule has 0 fully saturated rings. The summed E-state index contributed by atoms with van der Waals surface area (Å²) >= 11 is 0. The number of rotatable bonds is 2. The van der Waals surface area contributed by atoms with Crippen LogP contribution in [0, 0.1) is 12.1 Å². The number of hydrogen-bond acceptors (Lipinski definition) is 2. The van der Waals surface area contributed by atoms with E-state index in [1.54, 1.807) is 0 Å². The average molecular weight is 495 g/mol. The Kier molecular flexibility index (Phi) is 4.90. The Morgan fingerprint density at radius 3 is 2.06 bits per heavy atom. The van der Waals surface area contributed by atoms with Gasteiger partial charge in [0.1, 0.15) is 0 Å². The van der Waals surface area contributed by atoms with Crippen LogP contribution in [0.3, 0.4) is 0 Å². The van der Waals surface area contributed by atoms with Gasteiger partial charge in [-0.3, -0.25) is 9.97 Å². The number of benzene rings is 3. The molecule has 0 saturated carbocycles. The number of fused-ring (bicyclic) bond motifs is 10. The summed E-state index contributed by atoms with van der Waals surface area (Å²) < 4.78 is 0. The second kappa shape index (κ2) is 7.83. The summed E-state index contributed by atoms with van der Waals surface area (Å²) in [7, 11) is 0. The van der Waals surface area contributed by atoms with Crippen LogP contribution in [0.15, 0.2) is 97.3 Å². The third-order valence-electron chi connectivity index (χ3n) is 6.81.